The fourth-order valence-corrected chi connectivity index (χ4v) is 3.11. The summed E-state index contributed by atoms with van der Waals surface area (Å²) in [5.74, 6) is 0.679. The summed E-state index contributed by atoms with van der Waals surface area (Å²) in [6.45, 7) is 6.63. The average Bonchev–Trinajstić information content (AvgIpc) is 2.80. The predicted molar refractivity (Wildman–Crippen MR) is 80.7 cm³/mol. The first-order chi connectivity index (χ1) is 9.20. The first-order valence-electron chi connectivity index (χ1n) is 6.97. The van der Waals surface area contributed by atoms with Gasteiger partial charge in [0.2, 0.25) is 0 Å². The lowest BCUT2D eigenvalue weighted by Crippen LogP contribution is -2.32. The highest BCUT2D eigenvalue weighted by atomic mass is 15.2. The van der Waals surface area contributed by atoms with Crippen LogP contribution in [0.4, 0.5) is 5.69 Å². The summed E-state index contributed by atoms with van der Waals surface area (Å²) in [5.41, 5.74) is 3.69. The summed E-state index contributed by atoms with van der Waals surface area (Å²) in [4.78, 5) is 7.01. The van der Waals surface area contributed by atoms with Crippen molar-refractivity contribution in [3.8, 4) is 0 Å². The number of nitrogens with one attached hydrogen (secondary N) is 1. The molecule has 1 saturated heterocycles. The zero-order valence-electron chi connectivity index (χ0n) is 11.9. The van der Waals surface area contributed by atoms with E-state index in [1.807, 2.05) is 12.3 Å². The highest BCUT2D eigenvalue weighted by Crippen LogP contribution is 2.31. The molecular weight excluding hydrogens is 234 g/mol. The second-order valence-electron chi connectivity index (χ2n) is 5.58. The lowest BCUT2D eigenvalue weighted by molar-refractivity contribution is 0.490. The summed E-state index contributed by atoms with van der Waals surface area (Å²) in [7, 11) is 2.06. The molecule has 0 amide bonds. The first-order valence-corrected chi connectivity index (χ1v) is 6.97. The second kappa shape index (κ2) is 4.82. The molecule has 1 aliphatic heterocycles. The zero-order chi connectivity index (χ0) is 13.4. The van der Waals surface area contributed by atoms with Gasteiger partial charge in [-0.3, -0.25) is 4.98 Å². The second-order valence-corrected chi connectivity index (χ2v) is 5.58. The Morgan fingerprint density at radius 1 is 1.26 bits per heavy atom. The number of hydrogen-bond acceptors (Lipinski definition) is 3. The summed E-state index contributed by atoms with van der Waals surface area (Å²) in [6, 6.07) is 9.21. The van der Waals surface area contributed by atoms with Gasteiger partial charge in [0.15, 0.2) is 0 Å². The Hall–Kier alpha value is -1.61. The van der Waals surface area contributed by atoms with Crippen LogP contribution in [0, 0.1) is 12.8 Å². The van der Waals surface area contributed by atoms with Crippen LogP contribution < -0.4 is 10.2 Å². The fourth-order valence-electron chi connectivity index (χ4n) is 3.11. The van der Waals surface area contributed by atoms with Crippen molar-refractivity contribution < 1.29 is 0 Å². The van der Waals surface area contributed by atoms with Crippen molar-refractivity contribution >= 4 is 16.6 Å². The predicted octanol–water partition coefficient (Wildman–Crippen LogP) is 2.59. The van der Waals surface area contributed by atoms with E-state index < -0.39 is 0 Å². The number of pyridine rings is 1. The lowest BCUT2D eigenvalue weighted by atomic mass is 10.1. The van der Waals surface area contributed by atoms with Gasteiger partial charge in [-0.15, -0.1) is 0 Å². The van der Waals surface area contributed by atoms with E-state index >= 15 is 0 Å². The summed E-state index contributed by atoms with van der Waals surface area (Å²) in [6.07, 6.45) is 1.88. The molecule has 1 fully saturated rings. The quantitative estimate of drug-likeness (QED) is 0.894. The number of rotatable bonds is 2. The van der Waals surface area contributed by atoms with Crippen LogP contribution in [0.2, 0.25) is 0 Å². The van der Waals surface area contributed by atoms with E-state index in [0.29, 0.717) is 12.0 Å². The molecule has 2 atom stereocenters. The number of aryl methyl sites for hydroxylation is 1. The van der Waals surface area contributed by atoms with E-state index in [1.54, 1.807) is 0 Å². The molecule has 0 spiro atoms. The average molecular weight is 255 g/mol. The molecule has 2 heterocycles. The van der Waals surface area contributed by atoms with Crippen LogP contribution in [-0.2, 0) is 0 Å². The van der Waals surface area contributed by atoms with Crippen LogP contribution >= 0.6 is 0 Å². The van der Waals surface area contributed by atoms with E-state index in [0.717, 1.165) is 18.6 Å². The molecule has 0 saturated carbocycles. The minimum atomic E-state index is 0.577. The number of likely N-dealkylation sites (N-methyl/N-ethyl adjacent to an activating group) is 1. The Bertz CT molecular complexity index is 594. The molecule has 1 aliphatic rings. The maximum Gasteiger partial charge on any atom is 0.0751 e. The fraction of sp³-hybridized carbons (Fsp3) is 0.438. The number of hydrogen-bond donors (Lipinski definition) is 1. The third-order valence-corrected chi connectivity index (χ3v) is 4.27. The SMILES string of the molecule is CN[C@H]1CN(c2ccc(C)c3ncccc23)C[C@H]1C. The first kappa shape index (κ1) is 12.4. The van der Waals surface area contributed by atoms with E-state index in [9.17, 15) is 0 Å². The highest BCUT2D eigenvalue weighted by Gasteiger charge is 2.29. The molecule has 100 valence electrons. The molecule has 0 radical (unpaired) electrons. The van der Waals surface area contributed by atoms with Crippen LogP contribution in [0.25, 0.3) is 10.9 Å². The van der Waals surface area contributed by atoms with Crippen LogP contribution in [-0.4, -0.2) is 31.2 Å². The van der Waals surface area contributed by atoms with Gasteiger partial charge < -0.3 is 10.2 Å². The number of anilines is 1. The summed E-state index contributed by atoms with van der Waals surface area (Å²) in [5, 5.41) is 4.69. The Morgan fingerprint density at radius 2 is 2.11 bits per heavy atom. The minimum absolute atomic E-state index is 0.577. The smallest absolute Gasteiger partial charge is 0.0751 e. The van der Waals surface area contributed by atoms with Gasteiger partial charge in [-0.05, 0) is 43.7 Å². The number of aromatic nitrogens is 1. The highest BCUT2D eigenvalue weighted by molar-refractivity contribution is 5.93. The molecule has 0 unspecified atom stereocenters. The summed E-state index contributed by atoms with van der Waals surface area (Å²) >= 11 is 0. The Morgan fingerprint density at radius 3 is 2.84 bits per heavy atom. The molecule has 0 bridgehead atoms. The van der Waals surface area contributed by atoms with Gasteiger partial charge >= 0.3 is 0 Å². The van der Waals surface area contributed by atoms with Gasteiger partial charge in [0.1, 0.15) is 0 Å². The van der Waals surface area contributed by atoms with Crippen molar-refractivity contribution in [1.29, 1.82) is 0 Å². The molecule has 19 heavy (non-hydrogen) atoms. The Labute approximate surface area is 114 Å². The Balaban J connectivity index is 2.05. The topological polar surface area (TPSA) is 28.2 Å². The molecule has 1 aromatic carbocycles. The van der Waals surface area contributed by atoms with E-state index in [4.69, 9.17) is 0 Å². The number of nitrogens with zero attached hydrogens (tertiary/aromatic N) is 2. The van der Waals surface area contributed by atoms with Crippen molar-refractivity contribution in [2.45, 2.75) is 19.9 Å². The van der Waals surface area contributed by atoms with Crippen molar-refractivity contribution in [2.75, 3.05) is 25.0 Å². The van der Waals surface area contributed by atoms with E-state index in [-0.39, 0.29) is 0 Å². The molecule has 1 N–H and O–H groups in total. The van der Waals surface area contributed by atoms with Crippen molar-refractivity contribution in [2.24, 2.45) is 5.92 Å². The van der Waals surface area contributed by atoms with E-state index in [1.165, 1.54) is 16.6 Å². The van der Waals surface area contributed by atoms with Gasteiger partial charge in [-0.1, -0.05) is 13.0 Å². The molecule has 0 aliphatic carbocycles. The third-order valence-electron chi connectivity index (χ3n) is 4.27. The standard InChI is InChI=1S/C16H21N3/c1-11-6-7-15(13-5-4-8-18-16(11)13)19-9-12(2)14(10-19)17-3/h4-8,12,14,17H,9-10H2,1-3H3/t12-,14+/m1/s1. The van der Waals surface area contributed by atoms with Crippen molar-refractivity contribution in [3.05, 3.63) is 36.0 Å². The largest absolute Gasteiger partial charge is 0.369 e. The van der Waals surface area contributed by atoms with Gasteiger partial charge in [0.25, 0.3) is 0 Å². The van der Waals surface area contributed by atoms with Gasteiger partial charge in [-0.25, -0.2) is 0 Å². The molecule has 3 rings (SSSR count). The number of fused-ring (bicyclic) bond motifs is 1. The third kappa shape index (κ3) is 2.08. The van der Waals surface area contributed by atoms with Crippen LogP contribution in [0.15, 0.2) is 30.5 Å². The maximum atomic E-state index is 4.53. The van der Waals surface area contributed by atoms with Crippen molar-refractivity contribution in [1.82, 2.24) is 10.3 Å². The maximum absolute atomic E-state index is 4.53. The molecule has 2 aromatic rings. The monoisotopic (exact) mass is 255 g/mol. The normalized spacial score (nSPS) is 23.2. The van der Waals surface area contributed by atoms with Gasteiger partial charge in [0, 0.05) is 36.4 Å². The molecule has 1 aromatic heterocycles. The molecule has 3 nitrogen and oxygen atoms in total. The van der Waals surface area contributed by atoms with Crippen LogP contribution in [0.5, 0.6) is 0 Å². The molecule has 3 heteroatoms. The summed E-state index contributed by atoms with van der Waals surface area (Å²) < 4.78 is 0. The van der Waals surface area contributed by atoms with Crippen molar-refractivity contribution in [3.63, 3.8) is 0 Å². The van der Waals surface area contributed by atoms with Crippen LogP contribution in [0.1, 0.15) is 12.5 Å². The number of benzene rings is 1. The minimum Gasteiger partial charge on any atom is -0.369 e. The van der Waals surface area contributed by atoms with Gasteiger partial charge in [-0.2, -0.15) is 0 Å². The van der Waals surface area contributed by atoms with E-state index in [2.05, 4.69) is 54.3 Å². The molecular formula is C16H21N3. The van der Waals surface area contributed by atoms with Gasteiger partial charge in [0.05, 0.1) is 5.52 Å². The Kier molecular flexibility index (Phi) is 3.15. The zero-order valence-corrected chi connectivity index (χ0v) is 11.9. The van der Waals surface area contributed by atoms with Crippen LogP contribution in [0.3, 0.4) is 0 Å². The lowest BCUT2D eigenvalue weighted by Gasteiger charge is -2.21.